The van der Waals surface area contributed by atoms with Crippen molar-refractivity contribution in [2.75, 3.05) is 6.61 Å². The lowest BCUT2D eigenvalue weighted by Gasteiger charge is -2.04. The van der Waals surface area contributed by atoms with Crippen molar-refractivity contribution >= 4 is 15.9 Å². The van der Waals surface area contributed by atoms with Gasteiger partial charge in [-0.2, -0.15) is 0 Å². The summed E-state index contributed by atoms with van der Waals surface area (Å²) in [4.78, 5) is 4.10. The molecule has 1 aromatic rings. The Morgan fingerprint density at radius 1 is 1.19 bits per heavy atom. The maximum Gasteiger partial charge on any atom is 0.0732 e. The Bertz CT molecular complexity index is 291. The molecule has 2 nitrogen and oxygen atoms in total. The van der Waals surface area contributed by atoms with Gasteiger partial charge in [0.15, 0.2) is 0 Å². The van der Waals surface area contributed by atoms with Crippen LogP contribution in [0.3, 0.4) is 0 Å². The largest absolute Gasteiger partial charge is 0.377 e. The van der Waals surface area contributed by atoms with Gasteiger partial charge in [0.05, 0.1) is 6.61 Å². The van der Waals surface area contributed by atoms with Crippen LogP contribution in [0.1, 0.15) is 44.6 Å². The molecule has 0 atom stereocenters. The van der Waals surface area contributed by atoms with Gasteiger partial charge in [-0.3, -0.25) is 4.98 Å². The van der Waals surface area contributed by atoms with Crippen molar-refractivity contribution in [1.82, 2.24) is 4.98 Å². The number of unbranched alkanes of at least 4 members (excludes halogenated alkanes) is 4. The second-order valence-electron chi connectivity index (χ2n) is 3.98. The van der Waals surface area contributed by atoms with Crippen LogP contribution in [0.2, 0.25) is 0 Å². The summed E-state index contributed by atoms with van der Waals surface area (Å²) in [5, 5.41) is 0. The number of halogens is 1. The third-order valence-electron chi connectivity index (χ3n) is 2.42. The van der Waals surface area contributed by atoms with Gasteiger partial charge in [-0.05, 0) is 34.0 Å². The molecule has 16 heavy (non-hydrogen) atoms. The molecule has 0 amide bonds. The number of nitrogens with zero attached hydrogens (tertiary/aromatic N) is 1. The van der Waals surface area contributed by atoms with Gasteiger partial charge in [-0.1, -0.05) is 32.6 Å². The van der Waals surface area contributed by atoms with Gasteiger partial charge in [0, 0.05) is 23.5 Å². The van der Waals surface area contributed by atoms with Gasteiger partial charge in [0.25, 0.3) is 0 Å². The first-order valence-electron chi connectivity index (χ1n) is 6.00. The van der Waals surface area contributed by atoms with Crippen molar-refractivity contribution in [3.63, 3.8) is 0 Å². The number of pyridine rings is 1. The molecular weight excluding hydrogens is 266 g/mol. The molecule has 1 aromatic heterocycles. The van der Waals surface area contributed by atoms with Crippen LogP contribution >= 0.6 is 15.9 Å². The summed E-state index contributed by atoms with van der Waals surface area (Å²) < 4.78 is 6.60. The topological polar surface area (TPSA) is 22.1 Å². The molecule has 1 heterocycles. The predicted octanol–water partition coefficient (Wildman–Crippen LogP) is 4.33. The fourth-order valence-electron chi connectivity index (χ4n) is 1.53. The van der Waals surface area contributed by atoms with Crippen LogP contribution in [0.15, 0.2) is 22.9 Å². The summed E-state index contributed by atoms with van der Waals surface area (Å²) in [6.07, 6.45) is 10.1. The standard InChI is InChI=1S/C13H20BrNO/c1-2-3-4-5-6-7-16-11-12-8-13(14)10-15-9-12/h8-10H,2-7,11H2,1H3. The van der Waals surface area contributed by atoms with Crippen molar-refractivity contribution < 1.29 is 4.74 Å². The van der Waals surface area contributed by atoms with Crippen LogP contribution in [0.25, 0.3) is 0 Å². The van der Waals surface area contributed by atoms with Crippen LogP contribution in [-0.4, -0.2) is 11.6 Å². The number of ether oxygens (including phenoxy) is 1. The van der Waals surface area contributed by atoms with Crippen molar-refractivity contribution in [1.29, 1.82) is 0 Å². The molecule has 0 saturated heterocycles. The molecule has 1 rings (SSSR count). The van der Waals surface area contributed by atoms with E-state index in [1.807, 2.05) is 12.3 Å². The Balaban J connectivity index is 2.03. The monoisotopic (exact) mass is 285 g/mol. The zero-order chi connectivity index (χ0) is 11.6. The van der Waals surface area contributed by atoms with Crippen LogP contribution < -0.4 is 0 Å². The predicted molar refractivity (Wildman–Crippen MR) is 70.4 cm³/mol. The smallest absolute Gasteiger partial charge is 0.0732 e. The van der Waals surface area contributed by atoms with Gasteiger partial charge in [-0.15, -0.1) is 0 Å². The molecule has 0 N–H and O–H groups in total. The van der Waals surface area contributed by atoms with Gasteiger partial charge >= 0.3 is 0 Å². The molecular formula is C13H20BrNO. The minimum absolute atomic E-state index is 0.667. The summed E-state index contributed by atoms with van der Waals surface area (Å²) in [5.41, 5.74) is 1.13. The third-order valence-corrected chi connectivity index (χ3v) is 2.86. The van der Waals surface area contributed by atoms with Crippen LogP contribution in [0, 0.1) is 0 Å². The van der Waals surface area contributed by atoms with E-state index >= 15 is 0 Å². The van der Waals surface area contributed by atoms with Crippen molar-refractivity contribution in [2.24, 2.45) is 0 Å². The highest BCUT2D eigenvalue weighted by Crippen LogP contribution is 2.10. The zero-order valence-corrected chi connectivity index (χ0v) is 11.5. The number of hydrogen-bond donors (Lipinski definition) is 0. The molecule has 0 bridgehead atoms. The van der Waals surface area contributed by atoms with E-state index in [4.69, 9.17) is 4.74 Å². The van der Waals surface area contributed by atoms with E-state index < -0.39 is 0 Å². The molecule has 90 valence electrons. The first kappa shape index (κ1) is 13.7. The zero-order valence-electron chi connectivity index (χ0n) is 9.92. The molecule has 0 radical (unpaired) electrons. The Labute approximate surface area is 107 Å². The average Bonchev–Trinajstić information content (AvgIpc) is 2.28. The minimum atomic E-state index is 0.667. The van der Waals surface area contributed by atoms with Crippen LogP contribution in [0.5, 0.6) is 0 Å². The highest BCUT2D eigenvalue weighted by molar-refractivity contribution is 9.10. The fourth-order valence-corrected chi connectivity index (χ4v) is 1.94. The normalized spacial score (nSPS) is 10.6. The van der Waals surface area contributed by atoms with E-state index in [0.717, 1.165) is 16.6 Å². The van der Waals surface area contributed by atoms with Gasteiger partial charge < -0.3 is 4.74 Å². The van der Waals surface area contributed by atoms with E-state index in [1.165, 1.54) is 32.1 Å². The number of rotatable bonds is 8. The van der Waals surface area contributed by atoms with E-state index in [-0.39, 0.29) is 0 Å². The molecule has 0 fully saturated rings. The third kappa shape index (κ3) is 6.23. The summed E-state index contributed by atoms with van der Waals surface area (Å²) in [7, 11) is 0. The molecule has 0 aromatic carbocycles. The summed E-state index contributed by atoms with van der Waals surface area (Å²) in [5.74, 6) is 0. The number of aromatic nitrogens is 1. The molecule has 0 aliphatic carbocycles. The van der Waals surface area contributed by atoms with E-state index in [9.17, 15) is 0 Å². The molecule has 0 aliphatic heterocycles. The lowest BCUT2D eigenvalue weighted by atomic mass is 10.2. The first-order chi connectivity index (χ1) is 7.83. The van der Waals surface area contributed by atoms with Crippen molar-refractivity contribution in [2.45, 2.75) is 45.6 Å². The molecule has 3 heteroatoms. The van der Waals surface area contributed by atoms with Crippen molar-refractivity contribution in [3.05, 3.63) is 28.5 Å². The Kier molecular flexibility index (Phi) is 7.43. The van der Waals surface area contributed by atoms with Gasteiger partial charge in [-0.25, -0.2) is 0 Å². The molecule has 0 aliphatic rings. The first-order valence-corrected chi connectivity index (χ1v) is 6.79. The van der Waals surface area contributed by atoms with Crippen LogP contribution in [0.4, 0.5) is 0 Å². The lowest BCUT2D eigenvalue weighted by Crippen LogP contribution is -1.96. The molecule has 0 spiro atoms. The van der Waals surface area contributed by atoms with Gasteiger partial charge in [0.2, 0.25) is 0 Å². The maximum atomic E-state index is 5.59. The fraction of sp³-hybridized carbons (Fsp3) is 0.615. The van der Waals surface area contributed by atoms with Crippen LogP contribution in [-0.2, 0) is 11.3 Å². The van der Waals surface area contributed by atoms with Gasteiger partial charge in [0.1, 0.15) is 0 Å². The second-order valence-corrected chi connectivity index (χ2v) is 4.89. The summed E-state index contributed by atoms with van der Waals surface area (Å²) in [6, 6.07) is 2.05. The Morgan fingerprint density at radius 2 is 2.00 bits per heavy atom. The SMILES string of the molecule is CCCCCCCOCc1cncc(Br)c1. The van der Waals surface area contributed by atoms with Crippen molar-refractivity contribution in [3.8, 4) is 0 Å². The highest BCUT2D eigenvalue weighted by Gasteiger charge is 1.95. The average molecular weight is 286 g/mol. The quantitative estimate of drug-likeness (QED) is 0.663. The summed E-state index contributed by atoms with van der Waals surface area (Å²) >= 11 is 3.40. The highest BCUT2D eigenvalue weighted by atomic mass is 79.9. The summed E-state index contributed by atoms with van der Waals surface area (Å²) in [6.45, 7) is 3.76. The minimum Gasteiger partial charge on any atom is -0.377 e. The molecule has 0 unspecified atom stereocenters. The maximum absolute atomic E-state index is 5.59. The number of hydrogen-bond acceptors (Lipinski definition) is 2. The van der Waals surface area contributed by atoms with E-state index in [0.29, 0.717) is 6.61 Å². The molecule has 0 saturated carbocycles. The Hall–Kier alpha value is -0.410. The second kappa shape index (κ2) is 8.71. The lowest BCUT2D eigenvalue weighted by molar-refractivity contribution is 0.116. The van der Waals surface area contributed by atoms with E-state index in [2.05, 4.69) is 27.8 Å². The van der Waals surface area contributed by atoms with E-state index in [1.54, 1.807) is 6.20 Å². The Morgan fingerprint density at radius 3 is 2.75 bits per heavy atom.